The number of hydrogen-bond acceptors (Lipinski definition) is 9. The minimum atomic E-state index is -0.926. The van der Waals surface area contributed by atoms with Gasteiger partial charge < -0.3 is 29.0 Å². The predicted molar refractivity (Wildman–Crippen MR) is 159 cm³/mol. The van der Waals surface area contributed by atoms with Gasteiger partial charge in [0.25, 0.3) is 0 Å². The quantitative estimate of drug-likeness (QED) is 0.139. The number of nitrogens with zero attached hydrogens (tertiary/aromatic N) is 4. The molecule has 0 bridgehead atoms. The van der Waals surface area contributed by atoms with E-state index in [9.17, 15) is 19.5 Å². The summed E-state index contributed by atoms with van der Waals surface area (Å²) in [4.78, 5) is 42.9. The zero-order valence-electron chi connectivity index (χ0n) is 26.2. The standard InChI is InChI=1S/C31H50N4O7/c1-8-27-24(18-33-34-32)15-19(2)9-11-26(37)21(4)16-23(13-14-36)30(20(3)10-12-28(38)41-27)42-31-29(39)25(35(6)7)17-22(5)40-31/h9,11,14-15,20-25,27,29-31,39H,8,10,12-13,16-18H2,1-7H3/b11-9+,19-15+/t20-,21+,22?,23-,24+,25?,27+,29?,30+,31?/m0/s1. The van der Waals surface area contributed by atoms with Crippen LogP contribution in [-0.2, 0) is 28.6 Å². The first-order chi connectivity index (χ1) is 19.9. The van der Waals surface area contributed by atoms with Crippen molar-refractivity contribution in [2.75, 3.05) is 20.6 Å². The predicted octanol–water partition coefficient (Wildman–Crippen LogP) is 4.78. The number of aliphatic hydroxyl groups excluding tert-OH is 1. The van der Waals surface area contributed by atoms with Gasteiger partial charge in [-0.15, -0.1) is 0 Å². The van der Waals surface area contributed by atoms with E-state index in [4.69, 9.17) is 19.7 Å². The Kier molecular flexibility index (Phi) is 14.9. The molecule has 0 radical (unpaired) electrons. The second-order valence-corrected chi connectivity index (χ2v) is 12.1. The minimum absolute atomic E-state index is 0.0857. The maximum atomic E-state index is 13.2. The Labute approximate surface area is 250 Å². The lowest BCUT2D eigenvalue weighted by Gasteiger charge is -2.44. The molecular formula is C31H50N4O7. The van der Waals surface area contributed by atoms with Crippen LogP contribution in [-0.4, -0.2) is 85.4 Å². The smallest absolute Gasteiger partial charge is 0.306 e. The van der Waals surface area contributed by atoms with Crippen molar-refractivity contribution in [1.29, 1.82) is 0 Å². The fraction of sp³-hybridized carbons (Fsp3) is 0.774. The molecule has 2 rings (SSSR count). The molecule has 0 aliphatic carbocycles. The lowest BCUT2D eigenvalue weighted by atomic mass is 9.80. The van der Waals surface area contributed by atoms with Gasteiger partial charge in [-0.3, -0.25) is 9.59 Å². The van der Waals surface area contributed by atoms with E-state index in [1.165, 1.54) is 6.08 Å². The largest absolute Gasteiger partial charge is 0.462 e. The molecular weight excluding hydrogens is 540 g/mol. The fourth-order valence-electron chi connectivity index (χ4n) is 5.97. The third-order valence-corrected chi connectivity index (χ3v) is 8.44. The molecule has 0 amide bonds. The average Bonchev–Trinajstić information content (AvgIpc) is 2.94. The van der Waals surface area contributed by atoms with Crippen molar-refractivity contribution in [2.45, 2.75) is 110 Å². The Morgan fingerprint density at radius 2 is 1.93 bits per heavy atom. The van der Waals surface area contributed by atoms with Crippen molar-refractivity contribution in [2.24, 2.45) is 28.8 Å². The van der Waals surface area contributed by atoms with Gasteiger partial charge in [-0.25, -0.2) is 0 Å². The molecule has 1 fully saturated rings. The average molecular weight is 591 g/mol. The Bertz CT molecular complexity index is 1010. The van der Waals surface area contributed by atoms with Crippen molar-refractivity contribution in [1.82, 2.24) is 4.90 Å². The molecule has 0 aromatic carbocycles. The highest BCUT2D eigenvalue weighted by molar-refractivity contribution is 5.91. The molecule has 2 aliphatic heterocycles. The lowest BCUT2D eigenvalue weighted by Crippen LogP contribution is -2.55. The van der Waals surface area contributed by atoms with Crippen LogP contribution in [0.1, 0.15) is 73.1 Å². The molecule has 1 saturated heterocycles. The van der Waals surface area contributed by atoms with E-state index in [-0.39, 0.29) is 61.0 Å². The van der Waals surface area contributed by atoms with Crippen LogP contribution in [0, 0.1) is 23.7 Å². The van der Waals surface area contributed by atoms with Crippen LogP contribution in [0.3, 0.4) is 0 Å². The van der Waals surface area contributed by atoms with E-state index >= 15 is 0 Å². The summed E-state index contributed by atoms with van der Waals surface area (Å²) in [6.45, 7) is 9.57. The number of aldehydes is 1. The van der Waals surface area contributed by atoms with Crippen LogP contribution in [0.4, 0.5) is 0 Å². The van der Waals surface area contributed by atoms with Gasteiger partial charge in [0.05, 0.1) is 12.2 Å². The molecule has 42 heavy (non-hydrogen) atoms. The lowest BCUT2D eigenvalue weighted by molar-refractivity contribution is -0.280. The van der Waals surface area contributed by atoms with Crippen molar-refractivity contribution in [3.05, 3.63) is 34.2 Å². The number of carbonyl (C=O) groups excluding carboxylic acids is 3. The first kappa shape index (κ1) is 35.6. The van der Waals surface area contributed by atoms with Gasteiger partial charge in [0.15, 0.2) is 12.1 Å². The molecule has 0 spiro atoms. The molecule has 11 heteroatoms. The van der Waals surface area contributed by atoms with Gasteiger partial charge in [-0.05, 0) is 77.1 Å². The normalized spacial score (nSPS) is 37.7. The van der Waals surface area contributed by atoms with Gasteiger partial charge in [0.1, 0.15) is 18.5 Å². The van der Waals surface area contributed by atoms with E-state index in [0.717, 1.165) is 11.9 Å². The summed E-state index contributed by atoms with van der Waals surface area (Å²) in [5.41, 5.74) is 9.67. The second kappa shape index (κ2) is 17.5. The molecule has 1 N–H and O–H groups in total. The highest BCUT2D eigenvalue weighted by Gasteiger charge is 2.42. The van der Waals surface area contributed by atoms with E-state index in [0.29, 0.717) is 25.7 Å². The number of ketones is 1. The van der Waals surface area contributed by atoms with Gasteiger partial charge in [-0.2, -0.15) is 0 Å². The van der Waals surface area contributed by atoms with Gasteiger partial charge in [-0.1, -0.05) is 43.6 Å². The first-order valence-electron chi connectivity index (χ1n) is 15.1. The van der Waals surface area contributed by atoms with Crippen LogP contribution < -0.4 is 0 Å². The van der Waals surface area contributed by atoms with Crippen LogP contribution in [0.2, 0.25) is 0 Å². The molecule has 4 unspecified atom stereocenters. The molecule has 2 aliphatic rings. The van der Waals surface area contributed by atoms with Crippen LogP contribution in [0.25, 0.3) is 10.4 Å². The summed E-state index contributed by atoms with van der Waals surface area (Å²) < 4.78 is 18.4. The summed E-state index contributed by atoms with van der Waals surface area (Å²) in [5.74, 6) is -1.77. The Morgan fingerprint density at radius 1 is 1.21 bits per heavy atom. The zero-order valence-corrected chi connectivity index (χ0v) is 26.2. The number of aliphatic hydroxyl groups is 1. The molecule has 0 saturated carbocycles. The third-order valence-electron chi connectivity index (χ3n) is 8.44. The van der Waals surface area contributed by atoms with Crippen molar-refractivity contribution in [3.8, 4) is 0 Å². The minimum Gasteiger partial charge on any atom is -0.462 e. The number of likely N-dealkylation sites (N-methyl/N-ethyl adjacent to an activating group) is 1. The van der Waals surface area contributed by atoms with Crippen molar-refractivity contribution < 1.29 is 33.7 Å². The van der Waals surface area contributed by atoms with E-state index < -0.39 is 30.5 Å². The zero-order chi connectivity index (χ0) is 31.4. The van der Waals surface area contributed by atoms with Crippen molar-refractivity contribution >= 4 is 18.0 Å². The van der Waals surface area contributed by atoms with Gasteiger partial charge >= 0.3 is 5.97 Å². The summed E-state index contributed by atoms with van der Waals surface area (Å²) in [6.07, 6.45) is 5.10. The fourth-order valence-corrected chi connectivity index (χ4v) is 5.97. The number of cyclic esters (lactones) is 1. The number of carbonyl (C=O) groups is 3. The van der Waals surface area contributed by atoms with E-state index in [1.54, 1.807) is 6.08 Å². The van der Waals surface area contributed by atoms with E-state index in [2.05, 4.69) is 10.0 Å². The number of allylic oxidation sites excluding steroid dienone is 3. The summed E-state index contributed by atoms with van der Waals surface area (Å²) >= 11 is 0. The molecule has 11 nitrogen and oxygen atoms in total. The maximum absolute atomic E-state index is 13.2. The molecule has 0 aromatic rings. The number of ether oxygens (including phenoxy) is 3. The monoisotopic (exact) mass is 590 g/mol. The summed E-state index contributed by atoms with van der Waals surface area (Å²) in [5, 5.41) is 14.9. The Balaban J connectivity index is 2.45. The van der Waals surface area contributed by atoms with Crippen LogP contribution >= 0.6 is 0 Å². The number of rotatable bonds is 8. The number of esters is 1. The topological polar surface area (TPSA) is 151 Å². The number of azide groups is 1. The van der Waals surface area contributed by atoms with Crippen LogP contribution in [0.5, 0.6) is 0 Å². The van der Waals surface area contributed by atoms with Crippen molar-refractivity contribution in [3.63, 3.8) is 0 Å². The molecule has 236 valence electrons. The highest BCUT2D eigenvalue weighted by Crippen LogP contribution is 2.34. The Hall–Kier alpha value is -2.56. The maximum Gasteiger partial charge on any atom is 0.306 e. The molecule has 10 atom stereocenters. The molecule has 2 heterocycles. The number of hydrogen-bond donors (Lipinski definition) is 1. The first-order valence-corrected chi connectivity index (χ1v) is 15.1. The Morgan fingerprint density at radius 3 is 2.55 bits per heavy atom. The van der Waals surface area contributed by atoms with E-state index in [1.807, 2.05) is 59.7 Å². The second-order valence-electron chi connectivity index (χ2n) is 12.1. The highest BCUT2D eigenvalue weighted by atomic mass is 16.7. The molecule has 0 aromatic heterocycles. The SMILES string of the molecule is CC[C@H]1OC(=O)CC[C@H](C)[C@@H](OC2OC(C)CC(N(C)C)C2O)[C@@H](CC=O)C[C@@H](C)C(=O)/C=C/C(C)=C/[C@@H]1CN=[N+]=[N-]. The van der Waals surface area contributed by atoms with Crippen LogP contribution in [0.15, 0.2) is 28.9 Å². The third kappa shape index (κ3) is 10.6. The van der Waals surface area contributed by atoms with Gasteiger partial charge in [0, 0.05) is 42.2 Å². The van der Waals surface area contributed by atoms with Gasteiger partial charge in [0.2, 0.25) is 0 Å². The summed E-state index contributed by atoms with van der Waals surface area (Å²) in [7, 11) is 3.80. The summed E-state index contributed by atoms with van der Waals surface area (Å²) in [6, 6.07) is -0.175.